The molecule has 17 nitrogen and oxygen atoms in total. The van der Waals surface area contributed by atoms with Crippen molar-refractivity contribution < 1.29 is 57.3 Å². The van der Waals surface area contributed by atoms with E-state index in [1.165, 1.54) is 7.11 Å². The van der Waals surface area contributed by atoms with Gasteiger partial charge < -0.3 is 45.1 Å². The summed E-state index contributed by atoms with van der Waals surface area (Å²) >= 11 is 0. The van der Waals surface area contributed by atoms with E-state index in [1.807, 2.05) is 105 Å². The number of esters is 1. The van der Waals surface area contributed by atoms with Crippen molar-refractivity contribution in [3.63, 3.8) is 0 Å². The number of methoxy groups -OCH3 is 1. The summed E-state index contributed by atoms with van der Waals surface area (Å²) in [5, 5.41) is 11.2. The Bertz CT molecular complexity index is 2310. The highest BCUT2D eigenvalue weighted by atomic mass is 16.6. The van der Waals surface area contributed by atoms with Gasteiger partial charge in [0, 0.05) is 44.3 Å². The van der Waals surface area contributed by atoms with E-state index in [4.69, 9.17) is 18.9 Å². The lowest BCUT2D eigenvalue weighted by molar-refractivity contribution is -0.153. The Morgan fingerprint density at radius 1 is 0.622 bits per heavy atom. The maximum absolute atomic E-state index is 14.7. The van der Waals surface area contributed by atoms with Crippen LogP contribution in [-0.2, 0) is 62.4 Å². The molecule has 0 spiro atoms. The number of piperidine rings is 1. The number of hydrogen-bond acceptors (Lipinski definition) is 12. The third kappa shape index (κ3) is 21.0. The standard InChI is InChI=1S/C57H79N5O12/c1-39(2)33-45(59-49(65)44(34-40-21-13-10-14-22-40)37-48(64)46(35-41-23-15-11-16-24-41)60-53(69)73-55(3,4)5)47(63)36-43(27-19-20-30-58-52(68)72-38-42-25-17-12-18-26-42)50(66)62-31-28-57(29-32-62,51(67)71-9)61-54(70)74-56(6,7)8/h10-18,21-26,39,43-46H,19-20,27-38H2,1-9H3,(H,58,68)(H,59,65)(H,60,69)(H,61,70)/t43-,44-,45+,46+/m0/s1. The van der Waals surface area contributed by atoms with Crippen molar-refractivity contribution in [2.75, 3.05) is 26.7 Å². The number of benzene rings is 3. The number of ether oxygens (including phenoxy) is 4. The third-order valence-electron chi connectivity index (χ3n) is 12.4. The number of rotatable bonds is 25. The van der Waals surface area contributed by atoms with Gasteiger partial charge in [-0.1, -0.05) is 111 Å². The molecule has 3 aromatic carbocycles. The molecule has 0 aliphatic carbocycles. The number of nitrogens with zero attached hydrogens (tertiary/aromatic N) is 1. The lowest BCUT2D eigenvalue weighted by Crippen LogP contribution is -2.62. The first-order chi connectivity index (χ1) is 35.0. The molecule has 1 heterocycles. The lowest BCUT2D eigenvalue weighted by Gasteiger charge is -2.41. The van der Waals surface area contributed by atoms with Gasteiger partial charge in [-0.2, -0.15) is 0 Å². The summed E-state index contributed by atoms with van der Waals surface area (Å²) in [6.45, 7) is 14.6. The number of amides is 5. The topological polar surface area (TPSA) is 225 Å². The lowest BCUT2D eigenvalue weighted by atomic mass is 9.85. The van der Waals surface area contributed by atoms with Crippen LogP contribution in [0.4, 0.5) is 14.4 Å². The predicted molar refractivity (Wildman–Crippen MR) is 279 cm³/mol. The van der Waals surface area contributed by atoms with Gasteiger partial charge >= 0.3 is 24.2 Å². The monoisotopic (exact) mass is 1030 g/mol. The predicted octanol–water partition coefficient (Wildman–Crippen LogP) is 8.20. The van der Waals surface area contributed by atoms with Crippen LogP contribution in [0.5, 0.6) is 0 Å². The Morgan fingerprint density at radius 2 is 1.14 bits per heavy atom. The van der Waals surface area contributed by atoms with Gasteiger partial charge in [0.1, 0.15) is 23.3 Å². The van der Waals surface area contributed by atoms with Gasteiger partial charge in [0.05, 0.1) is 19.2 Å². The fraction of sp³-hybridized carbons (Fsp3) is 0.544. The average molecular weight is 1030 g/mol. The summed E-state index contributed by atoms with van der Waals surface area (Å²) in [4.78, 5) is 112. The number of Topliss-reactive ketones (excluding diaryl/α,β-unsaturated/α-hetero) is 2. The Labute approximate surface area is 436 Å². The van der Waals surface area contributed by atoms with E-state index in [1.54, 1.807) is 46.4 Å². The quantitative estimate of drug-likeness (QED) is 0.0358. The van der Waals surface area contributed by atoms with Gasteiger partial charge in [-0.15, -0.1) is 0 Å². The molecule has 5 amide bonds. The number of likely N-dealkylation sites (tertiary alicyclic amines) is 1. The molecule has 0 aromatic heterocycles. The number of nitrogens with one attached hydrogen (secondary N) is 4. The molecule has 1 saturated heterocycles. The molecular weight excluding hydrogens is 947 g/mol. The maximum atomic E-state index is 14.7. The molecule has 4 N–H and O–H groups in total. The first kappa shape index (κ1) is 59.8. The molecule has 0 radical (unpaired) electrons. The van der Waals surface area contributed by atoms with Crippen molar-refractivity contribution in [3.8, 4) is 0 Å². The van der Waals surface area contributed by atoms with Crippen molar-refractivity contribution in [1.82, 2.24) is 26.2 Å². The molecule has 4 rings (SSSR count). The second-order valence-corrected chi connectivity index (χ2v) is 21.5. The second-order valence-electron chi connectivity index (χ2n) is 21.5. The van der Waals surface area contributed by atoms with E-state index in [9.17, 15) is 38.4 Å². The van der Waals surface area contributed by atoms with Crippen LogP contribution < -0.4 is 21.3 Å². The zero-order valence-electron chi connectivity index (χ0n) is 44.8. The Kier molecular flexibility index (Phi) is 23.1. The molecule has 17 heteroatoms. The van der Waals surface area contributed by atoms with Crippen molar-refractivity contribution in [2.45, 2.75) is 155 Å². The van der Waals surface area contributed by atoms with E-state index in [0.717, 1.165) is 16.7 Å². The summed E-state index contributed by atoms with van der Waals surface area (Å²) < 4.78 is 21.4. The zero-order chi connectivity index (χ0) is 54.5. The van der Waals surface area contributed by atoms with E-state index < -0.39 is 76.6 Å². The molecule has 0 bridgehead atoms. The molecule has 404 valence electrons. The molecule has 1 aliphatic heterocycles. The average Bonchev–Trinajstić information content (AvgIpc) is 3.33. The highest BCUT2D eigenvalue weighted by molar-refractivity contribution is 5.95. The Balaban J connectivity index is 1.56. The minimum Gasteiger partial charge on any atom is -0.467 e. The van der Waals surface area contributed by atoms with Crippen LogP contribution >= 0.6 is 0 Å². The summed E-state index contributed by atoms with van der Waals surface area (Å²) in [7, 11) is 1.22. The van der Waals surface area contributed by atoms with E-state index >= 15 is 0 Å². The van der Waals surface area contributed by atoms with Crippen LogP contribution in [0.3, 0.4) is 0 Å². The summed E-state index contributed by atoms with van der Waals surface area (Å²) in [6, 6.07) is 25.6. The maximum Gasteiger partial charge on any atom is 0.408 e. The van der Waals surface area contributed by atoms with Crippen molar-refractivity contribution >= 4 is 47.6 Å². The van der Waals surface area contributed by atoms with Gasteiger partial charge in [-0.25, -0.2) is 19.2 Å². The minimum absolute atomic E-state index is 0.0212. The molecular formula is C57H79N5O12. The van der Waals surface area contributed by atoms with E-state index in [2.05, 4.69) is 21.3 Å². The number of carbonyl (C=O) groups excluding carboxylic acids is 8. The SMILES string of the molecule is COC(=O)C1(NC(=O)OC(C)(C)C)CCN(C(=O)[C@@H](CCCCNC(=O)OCc2ccccc2)CC(=O)[C@@H](CC(C)C)NC(=O)[C@H](CC(=O)[C@@H](Cc2ccccc2)NC(=O)OC(C)(C)C)Cc2ccccc2)CC1. The smallest absolute Gasteiger partial charge is 0.408 e. The van der Waals surface area contributed by atoms with Crippen molar-refractivity contribution in [1.29, 1.82) is 0 Å². The van der Waals surface area contributed by atoms with Crippen LogP contribution in [0.15, 0.2) is 91.0 Å². The summed E-state index contributed by atoms with van der Waals surface area (Å²) in [5.74, 6) is -4.20. The molecule has 0 unspecified atom stereocenters. The normalized spacial score (nSPS) is 15.0. The van der Waals surface area contributed by atoms with E-state index in [-0.39, 0.29) is 95.2 Å². The first-order valence-electron chi connectivity index (χ1n) is 25.7. The highest BCUT2D eigenvalue weighted by Crippen LogP contribution is 2.29. The first-order valence-corrected chi connectivity index (χ1v) is 25.7. The second kappa shape index (κ2) is 28.6. The van der Waals surface area contributed by atoms with Crippen LogP contribution in [0.2, 0.25) is 0 Å². The van der Waals surface area contributed by atoms with Crippen LogP contribution in [-0.4, -0.2) is 108 Å². The summed E-state index contributed by atoms with van der Waals surface area (Å²) in [5.41, 5.74) is -0.714. The molecule has 74 heavy (non-hydrogen) atoms. The number of ketones is 2. The Hall–Kier alpha value is -6.78. The Morgan fingerprint density at radius 3 is 1.68 bits per heavy atom. The largest absolute Gasteiger partial charge is 0.467 e. The molecule has 4 atom stereocenters. The third-order valence-corrected chi connectivity index (χ3v) is 12.4. The highest BCUT2D eigenvalue weighted by Gasteiger charge is 2.46. The minimum atomic E-state index is -1.46. The number of hydrogen-bond donors (Lipinski definition) is 4. The number of alkyl carbamates (subject to hydrolysis) is 3. The van der Waals surface area contributed by atoms with Crippen molar-refractivity contribution in [3.05, 3.63) is 108 Å². The van der Waals surface area contributed by atoms with Gasteiger partial charge in [-0.05, 0) is 109 Å². The molecule has 0 saturated carbocycles. The molecule has 3 aromatic rings. The fourth-order valence-corrected chi connectivity index (χ4v) is 8.74. The fourth-order valence-electron chi connectivity index (χ4n) is 8.74. The number of unbranched alkanes of at least 4 members (excludes halogenated alkanes) is 1. The molecule has 1 fully saturated rings. The van der Waals surface area contributed by atoms with Crippen molar-refractivity contribution in [2.24, 2.45) is 17.8 Å². The van der Waals surface area contributed by atoms with Crippen LogP contribution in [0.1, 0.15) is 123 Å². The van der Waals surface area contributed by atoms with Gasteiger partial charge in [0.2, 0.25) is 11.8 Å². The summed E-state index contributed by atoms with van der Waals surface area (Å²) in [6.07, 6.45) is -0.937. The van der Waals surface area contributed by atoms with Crippen LogP contribution in [0.25, 0.3) is 0 Å². The van der Waals surface area contributed by atoms with Gasteiger partial charge in [0.25, 0.3) is 0 Å². The van der Waals surface area contributed by atoms with Gasteiger partial charge in [0.15, 0.2) is 11.6 Å². The zero-order valence-corrected chi connectivity index (χ0v) is 44.8. The number of carbonyl (C=O) groups is 8. The van der Waals surface area contributed by atoms with Gasteiger partial charge in [-0.3, -0.25) is 19.2 Å². The van der Waals surface area contributed by atoms with E-state index in [0.29, 0.717) is 12.8 Å². The molecule has 1 aliphatic rings. The van der Waals surface area contributed by atoms with Crippen LogP contribution in [0, 0.1) is 17.8 Å².